The van der Waals surface area contributed by atoms with Gasteiger partial charge in [0.2, 0.25) is 0 Å². The van der Waals surface area contributed by atoms with Crippen molar-refractivity contribution in [1.82, 2.24) is 0 Å². The molecular formula is C18H15NO4S. The number of hydrogen-bond acceptors (Lipinski definition) is 5. The molecule has 0 unspecified atom stereocenters. The van der Waals surface area contributed by atoms with Gasteiger partial charge in [-0.05, 0) is 35.9 Å². The average molecular weight is 341 g/mol. The van der Waals surface area contributed by atoms with E-state index in [2.05, 4.69) is 0 Å². The van der Waals surface area contributed by atoms with Crippen molar-refractivity contribution in [3.8, 4) is 5.75 Å². The van der Waals surface area contributed by atoms with E-state index in [1.54, 1.807) is 6.08 Å². The number of benzene rings is 2. The fourth-order valence-electron chi connectivity index (χ4n) is 2.15. The maximum absolute atomic E-state index is 12.1. The lowest BCUT2D eigenvalue weighted by Crippen LogP contribution is -2.30. The minimum Gasteiger partial charge on any atom is -0.489 e. The van der Waals surface area contributed by atoms with Crippen LogP contribution in [0.2, 0.25) is 0 Å². The Labute approximate surface area is 143 Å². The van der Waals surface area contributed by atoms with Crippen LogP contribution in [0.1, 0.15) is 15.9 Å². The second-order valence-electron chi connectivity index (χ2n) is 5.35. The Morgan fingerprint density at radius 3 is 2.33 bits per heavy atom. The number of allylic oxidation sites excluding steroid dienone is 1. The van der Waals surface area contributed by atoms with Crippen molar-refractivity contribution < 1.29 is 14.5 Å². The van der Waals surface area contributed by atoms with Gasteiger partial charge in [-0.25, -0.2) is 0 Å². The highest BCUT2D eigenvalue weighted by molar-refractivity contribution is 8.00. The average Bonchev–Trinajstić information content (AvgIpc) is 2.57. The van der Waals surface area contributed by atoms with Gasteiger partial charge < -0.3 is 4.74 Å². The van der Waals surface area contributed by atoms with E-state index in [0.717, 1.165) is 22.8 Å². The van der Waals surface area contributed by atoms with Crippen molar-refractivity contribution in [1.29, 1.82) is 0 Å². The molecule has 2 aromatic rings. The third-order valence-electron chi connectivity index (χ3n) is 3.58. The maximum Gasteiger partial charge on any atom is 0.269 e. The van der Waals surface area contributed by atoms with Crippen LogP contribution in [0.4, 0.5) is 5.69 Å². The number of ether oxygens (including phenoxy) is 1. The Balaban J connectivity index is 1.61. The predicted octanol–water partition coefficient (Wildman–Crippen LogP) is 3.99. The van der Waals surface area contributed by atoms with Crippen LogP contribution in [0, 0.1) is 10.1 Å². The minimum atomic E-state index is -0.490. The standard InChI is InChI=1S/C18H15NO4S/c20-18(14-4-6-15(7-5-14)19(21)22)10-3-13-1-8-16(9-2-13)23-17-11-24-12-17/h1-10,17H,11-12H2/b10-3+. The van der Waals surface area contributed by atoms with Crippen molar-refractivity contribution in [3.63, 3.8) is 0 Å². The van der Waals surface area contributed by atoms with Gasteiger partial charge in [0.25, 0.3) is 5.69 Å². The summed E-state index contributed by atoms with van der Waals surface area (Å²) in [6.45, 7) is 0. The predicted molar refractivity (Wildman–Crippen MR) is 94.6 cm³/mol. The lowest BCUT2D eigenvalue weighted by molar-refractivity contribution is -0.384. The molecular weight excluding hydrogens is 326 g/mol. The van der Waals surface area contributed by atoms with Crippen LogP contribution in [0.15, 0.2) is 54.6 Å². The highest BCUT2D eigenvalue weighted by Crippen LogP contribution is 2.24. The summed E-state index contributed by atoms with van der Waals surface area (Å²) in [6, 6.07) is 13.1. The number of ketones is 1. The van der Waals surface area contributed by atoms with Gasteiger partial charge in [-0.2, -0.15) is 11.8 Å². The zero-order valence-corrected chi connectivity index (χ0v) is 13.6. The van der Waals surface area contributed by atoms with Gasteiger partial charge in [0.15, 0.2) is 5.78 Å². The molecule has 122 valence electrons. The Bertz CT molecular complexity index is 765. The minimum absolute atomic E-state index is 0.0315. The molecule has 24 heavy (non-hydrogen) atoms. The zero-order chi connectivity index (χ0) is 16.9. The summed E-state index contributed by atoms with van der Waals surface area (Å²) in [6.07, 6.45) is 3.48. The summed E-state index contributed by atoms with van der Waals surface area (Å²) in [5, 5.41) is 10.6. The molecule has 0 radical (unpaired) electrons. The van der Waals surface area contributed by atoms with E-state index in [0.29, 0.717) is 11.7 Å². The molecule has 1 aliphatic rings. The number of nitro benzene ring substituents is 1. The Morgan fingerprint density at radius 2 is 1.79 bits per heavy atom. The molecule has 0 bridgehead atoms. The highest BCUT2D eigenvalue weighted by Gasteiger charge is 2.19. The number of hydrogen-bond donors (Lipinski definition) is 0. The van der Waals surface area contributed by atoms with Crippen molar-refractivity contribution >= 4 is 29.3 Å². The third-order valence-corrected chi connectivity index (χ3v) is 4.80. The van der Waals surface area contributed by atoms with Gasteiger partial charge in [-0.1, -0.05) is 18.2 Å². The molecule has 1 aliphatic heterocycles. The Kier molecular flexibility index (Phi) is 4.96. The van der Waals surface area contributed by atoms with Gasteiger partial charge in [0, 0.05) is 29.2 Å². The number of non-ortho nitro benzene ring substituents is 1. The topological polar surface area (TPSA) is 69.4 Å². The number of nitrogens with zero attached hydrogens (tertiary/aromatic N) is 1. The molecule has 6 heteroatoms. The molecule has 0 aliphatic carbocycles. The van der Waals surface area contributed by atoms with Crippen molar-refractivity contribution in [3.05, 3.63) is 75.8 Å². The fourth-order valence-corrected chi connectivity index (χ4v) is 2.71. The molecule has 1 heterocycles. The molecule has 5 nitrogen and oxygen atoms in total. The summed E-state index contributed by atoms with van der Waals surface area (Å²) in [7, 11) is 0. The van der Waals surface area contributed by atoms with E-state index < -0.39 is 4.92 Å². The lowest BCUT2D eigenvalue weighted by atomic mass is 10.1. The van der Waals surface area contributed by atoms with E-state index in [1.807, 2.05) is 36.0 Å². The molecule has 0 saturated carbocycles. The molecule has 0 N–H and O–H groups in total. The number of carbonyl (C=O) groups excluding carboxylic acids is 1. The summed E-state index contributed by atoms with van der Waals surface area (Å²) < 4.78 is 5.76. The van der Waals surface area contributed by atoms with Gasteiger partial charge in [0.05, 0.1) is 4.92 Å². The molecule has 0 spiro atoms. The van der Waals surface area contributed by atoms with Crippen LogP contribution < -0.4 is 4.74 Å². The number of carbonyl (C=O) groups is 1. The van der Waals surface area contributed by atoms with Crippen LogP contribution >= 0.6 is 11.8 Å². The zero-order valence-electron chi connectivity index (χ0n) is 12.8. The molecule has 1 fully saturated rings. The number of rotatable bonds is 6. The number of nitro groups is 1. The van der Waals surface area contributed by atoms with Crippen LogP contribution in [0.3, 0.4) is 0 Å². The second-order valence-corrected chi connectivity index (χ2v) is 6.42. The van der Waals surface area contributed by atoms with Crippen LogP contribution in [-0.2, 0) is 0 Å². The van der Waals surface area contributed by atoms with E-state index in [9.17, 15) is 14.9 Å². The summed E-state index contributed by atoms with van der Waals surface area (Å²) in [4.78, 5) is 22.2. The van der Waals surface area contributed by atoms with Crippen LogP contribution in [0.5, 0.6) is 5.75 Å². The third kappa shape index (κ3) is 4.02. The van der Waals surface area contributed by atoms with Crippen molar-refractivity contribution in [2.75, 3.05) is 11.5 Å². The first-order valence-electron chi connectivity index (χ1n) is 7.43. The summed E-state index contributed by atoms with van der Waals surface area (Å²) in [5.41, 5.74) is 1.27. The Morgan fingerprint density at radius 1 is 1.12 bits per heavy atom. The molecule has 0 amide bonds. The van der Waals surface area contributed by atoms with Crippen LogP contribution in [-0.4, -0.2) is 28.3 Å². The van der Waals surface area contributed by atoms with Crippen molar-refractivity contribution in [2.24, 2.45) is 0 Å². The van der Waals surface area contributed by atoms with Gasteiger partial charge in [-0.3, -0.25) is 14.9 Å². The molecule has 0 aromatic heterocycles. The number of thioether (sulfide) groups is 1. The Hall–Kier alpha value is -2.60. The van der Waals surface area contributed by atoms with Crippen molar-refractivity contribution in [2.45, 2.75) is 6.10 Å². The van der Waals surface area contributed by atoms with Gasteiger partial charge in [0.1, 0.15) is 11.9 Å². The second kappa shape index (κ2) is 7.31. The van der Waals surface area contributed by atoms with E-state index in [-0.39, 0.29) is 11.5 Å². The quantitative estimate of drug-likeness (QED) is 0.344. The van der Waals surface area contributed by atoms with E-state index in [1.165, 1.54) is 30.3 Å². The van der Waals surface area contributed by atoms with Gasteiger partial charge >= 0.3 is 0 Å². The van der Waals surface area contributed by atoms with E-state index >= 15 is 0 Å². The monoisotopic (exact) mass is 341 g/mol. The molecule has 0 atom stereocenters. The summed E-state index contributed by atoms with van der Waals surface area (Å²) in [5.74, 6) is 2.70. The maximum atomic E-state index is 12.1. The SMILES string of the molecule is O=C(/C=C/c1ccc(OC2CSC2)cc1)c1ccc([N+](=O)[O-])cc1. The smallest absolute Gasteiger partial charge is 0.269 e. The van der Waals surface area contributed by atoms with Crippen LogP contribution in [0.25, 0.3) is 6.08 Å². The largest absolute Gasteiger partial charge is 0.489 e. The molecule has 1 saturated heterocycles. The normalized spacial score (nSPS) is 14.3. The lowest BCUT2D eigenvalue weighted by Gasteiger charge is -2.25. The first-order chi connectivity index (χ1) is 11.6. The molecule has 3 rings (SSSR count). The van der Waals surface area contributed by atoms with Gasteiger partial charge in [-0.15, -0.1) is 0 Å². The summed E-state index contributed by atoms with van der Waals surface area (Å²) >= 11 is 1.87. The first kappa shape index (κ1) is 16.3. The van der Waals surface area contributed by atoms with E-state index in [4.69, 9.17) is 4.74 Å². The molecule has 2 aromatic carbocycles. The highest BCUT2D eigenvalue weighted by atomic mass is 32.2. The fraction of sp³-hybridized carbons (Fsp3) is 0.167. The first-order valence-corrected chi connectivity index (χ1v) is 8.58.